The van der Waals surface area contributed by atoms with Crippen molar-refractivity contribution in [3.05, 3.63) is 87.7 Å². The fraction of sp³-hybridized carbons (Fsp3) is 0.0909. The summed E-state index contributed by atoms with van der Waals surface area (Å²) < 4.78 is 8.93. The number of thiazole rings is 1. The molecule has 0 spiro atoms. The Labute approximate surface area is 174 Å². The number of nitrogens with zero attached hydrogens (tertiary/aromatic N) is 4. The van der Waals surface area contributed by atoms with Gasteiger partial charge in [0.25, 0.3) is 5.56 Å². The topological polar surface area (TPSA) is 79.0 Å². The third kappa shape index (κ3) is 2.89. The zero-order chi connectivity index (χ0) is 20.7. The van der Waals surface area contributed by atoms with Gasteiger partial charge in [-0.25, -0.2) is 23.9 Å². The number of benzene rings is 2. The number of fused-ring (bicyclic) bond motifs is 2. The standard InChI is InChI=1S/C22H16N4O3S/c1-2-29-15-10-11-17-18(13-15)30-21(24-17)26-20(27)16-9-6-12-23-19(16)25(22(26)28)14-7-4-3-5-8-14/h3-13H,2H2,1H3. The smallest absolute Gasteiger partial charge is 0.343 e. The average Bonchev–Trinajstić information content (AvgIpc) is 3.18. The van der Waals surface area contributed by atoms with Crippen LogP contribution in [0, 0.1) is 0 Å². The van der Waals surface area contributed by atoms with Crippen molar-refractivity contribution in [2.24, 2.45) is 0 Å². The SMILES string of the molecule is CCOc1ccc2nc(-n3c(=O)c4cccnc4n(-c4ccccc4)c3=O)sc2c1. The summed E-state index contributed by atoms with van der Waals surface area (Å²) in [5, 5.41) is 0.652. The first kappa shape index (κ1) is 18.3. The first-order chi connectivity index (χ1) is 14.7. The Hall–Kier alpha value is -3.78. The van der Waals surface area contributed by atoms with Gasteiger partial charge in [0.05, 0.1) is 27.9 Å². The molecule has 148 valence electrons. The molecular weight excluding hydrogens is 400 g/mol. The molecule has 8 heteroatoms. The van der Waals surface area contributed by atoms with Crippen LogP contribution >= 0.6 is 11.3 Å². The Kier molecular flexibility index (Phi) is 4.40. The van der Waals surface area contributed by atoms with Crippen molar-refractivity contribution < 1.29 is 4.74 Å². The van der Waals surface area contributed by atoms with E-state index in [9.17, 15) is 9.59 Å². The zero-order valence-corrected chi connectivity index (χ0v) is 16.8. The van der Waals surface area contributed by atoms with Gasteiger partial charge in [-0.2, -0.15) is 0 Å². The highest BCUT2D eigenvalue weighted by molar-refractivity contribution is 7.20. The molecule has 0 aliphatic heterocycles. The number of para-hydroxylation sites is 1. The Morgan fingerprint density at radius 3 is 2.63 bits per heavy atom. The van der Waals surface area contributed by atoms with Crippen LogP contribution in [-0.4, -0.2) is 25.7 Å². The van der Waals surface area contributed by atoms with E-state index in [1.807, 2.05) is 43.3 Å². The van der Waals surface area contributed by atoms with Gasteiger partial charge >= 0.3 is 5.69 Å². The lowest BCUT2D eigenvalue weighted by Gasteiger charge is -2.11. The minimum atomic E-state index is -0.513. The van der Waals surface area contributed by atoms with Gasteiger partial charge in [0.2, 0.25) is 5.13 Å². The predicted molar refractivity (Wildman–Crippen MR) is 117 cm³/mol. The Morgan fingerprint density at radius 1 is 1.00 bits per heavy atom. The van der Waals surface area contributed by atoms with Crippen LogP contribution in [0.5, 0.6) is 5.75 Å². The van der Waals surface area contributed by atoms with Crippen LogP contribution in [0.3, 0.4) is 0 Å². The van der Waals surface area contributed by atoms with E-state index in [0.29, 0.717) is 34.0 Å². The average molecular weight is 416 g/mol. The molecule has 0 saturated carbocycles. The maximum absolute atomic E-state index is 13.5. The molecule has 0 atom stereocenters. The van der Waals surface area contributed by atoms with Crippen LogP contribution in [0.15, 0.2) is 76.4 Å². The molecule has 0 unspecified atom stereocenters. The molecule has 3 aromatic heterocycles. The van der Waals surface area contributed by atoms with E-state index in [4.69, 9.17) is 4.74 Å². The largest absolute Gasteiger partial charge is 0.494 e. The van der Waals surface area contributed by atoms with Crippen molar-refractivity contribution in [1.82, 2.24) is 19.1 Å². The number of hydrogen-bond acceptors (Lipinski definition) is 6. The first-order valence-electron chi connectivity index (χ1n) is 9.39. The van der Waals surface area contributed by atoms with E-state index in [2.05, 4.69) is 9.97 Å². The molecule has 0 fully saturated rings. The lowest BCUT2D eigenvalue weighted by Crippen LogP contribution is -2.38. The zero-order valence-electron chi connectivity index (χ0n) is 16.0. The molecule has 7 nitrogen and oxygen atoms in total. The number of pyridine rings is 1. The molecule has 3 heterocycles. The van der Waals surface area contributed by atoms with Gasteiger partial charge in [0.15, 0.2) is 5.65 Å². The third-order valence-electron chi connectivity index (χ3n) is 4.68. The molecule has 0 N–H and O–H groups in total. The van der Waals surface area contributed by atoms with E-state index in [1.165, 1.54) is 15.9 Å². The van der Waals surface area contributed by atoms with Crippen molar-refractivity contribution in [1.29, 1.82) is 0 Å². The highest BCUT2D eigenvalue weighted by Gasteiger charge is 2.19. The fourth-order valence-electron chi connectivity index (χ4n) is 3.36. The Morgan fingerprint density at radius 2 is 1.83 bits per heavy atom. The molecule has 2 aromatic carbocycles. The Bertz CT molecular complexity index is 1500. The number of ether oxygens (including phenoxy) is 1. The molecule has 5 aromatic rings. The molecule has 0 aliphatic carbocycles. The molecule has 0 amide bonds. The first-order valence-corrected chi connectivity index (χ1v) is 10.2. The molecule has 30 heavy (non-hydrogen) atoms. The maximum Gasteiger partial charge on any atom is 0.343 e. The second-order valence-electron chi connectivity index (χ2n) is 6.53. The van der Waals surface area contributed by atoms with Crippen LogP contribution in [-0.2, 0) is 0 Å². The van der Waals surface area contributed by atoms with E-state index in [1.54, 1.807) is 30.5 Å². The minimum Gasteiger partial charge on any atom is -0.494 e. The van der Waals surface area contributed by atoms with Crippen LogP contribution in [0.25, 0.3) is 32.1 Å². The van der Waals surface area contributed by atoms with Gasteiger partial charge < -0.3 is 4.74 Å². The second kappa shape index (κ2) is 7.23. The summed E-state index contributed by atoms with van der Waals surface area (Å²) in [6.45, 7) is 2.47. The summed E-state index contributed by atoms with van der Waals surface area (Å²) in [7, 11) is 0. The van der Waals surface area contributed by atoms with Crippen LogP contribution in [0.1, 0.15) is 6.92 Å². The second-order valence-corrected chi connectivity index (χ2v) is 7.54. The number of hydrogen-bond donors (Lipinski definition) is 0. The van der Waals surface area contributed by atoms with Crippen LogP contribution in [0.2, 0.25) is 0 Å². The molecule has 0 saturated heterocycles. The highest BCUT2D eigenvalue weighted by atomic mass is 32.1. The molecule has 0 bridgehead atoms. The number of aromatic nitrogens is 4. The van der Waals surface area contributed by atoms with E-state index in [-0.39, 0.29) is 0 Å². The molecule has 0 aliphatic rings. The summed E-state index contributed by atoms with van der Waals surface area (Å²) in [6, 6.07) is 18.0. The van der Waals surface area contributed by atoms with Crippen LogP contribution in [0.4, 0.5) is 0 Å². The quantitative estimate of drug-likeness (QED) is 0.448. The number of rotatable bonds is 4. The van der Waals surface area contributed by atoms with Gasteiger partial charge in [-0.15, -0.1) is 0 Å². The van der Waals surface area contributed by atoms with E-state index < -0.39 is 11.2 Å². The normalized spacial score (nSPS) is 11.2. The summed E-state index contributed by atoms with van der Waals surface area (Å²) in [5.74, 6) is 0.719. The monoisotopic (exact) mass is 416 g/mol. The maximum atomic E-state index is 13.5. The highest BCUT2D eigenvalue weighted by Crippen LogP contribution is 2.28. The molecular formula is C22H16N4O3S. The summed E-state index contributed by atoms with van der Waals surface area (Å²) in [6.07, 6.45) is 1.57. The predicted octanol–water partition coefficient (Wildman–Crippen LogP) is 3.55. The van der Waals surface area contributed by atoms with E-state index in [0.717, 1.165) is 15.0 Å². The van der Waals surface area contributed by atoms with Crippen molar-refractivity contribution in [3.8, 4) is 16.6 Å². The summed E-state index contributed by atoms with van der Waals surface area (Å²) in [4.78, 5) is 35.6. The van der Waals surface area contributed by atoms with Gasteiger partial charge in [0, 0.05) is 6.20 Å². The summed E-state index contributed by atoms with van der Waals surface area (Å²) in [5.41, 5.74) is 0.678. The van der Waals surface area contributed by atoms with Gasteiger partial charge in [-0.3, -0.25) is 4.79 Å². The summed E-state index contributed by atoms with van der Waals surface area (Å²) >= 11 is 1.27. The molecule has 0 radical (unpaired) electrons. The fourth-order valence-corrected chi connectivity index (χ4v) is 4.35. The van der Waals surface area contributed by atoms with Crippen molar-refractivity contribution >= 4 is 32.6 Å². The van der Waals surface area contributed by atoms with Crippen molar-refractivity contribution in [2.75, 3.05) is 6.61 Å². The Balaban J connectivity index is 1.83. The van der Waals surface area contributed by atoms with Crippen LogP contribution < -0.4 is 16.0 Å². The van der Waals surface area contributed by atoms with Crippen molar-refractivity contribution in [3.63, 3.8) is 0 Å². The van der Waals surface area contributed by atoms with Gasteiger partial charge in [-0.1, -0.05) is 29.5 Å². The van der Waals surface area contributed by atoms with Gasteiger partial charge in [-0.05, 0) is 49.4 Å². The lowest BCUT2D eigenvalue weighted by atomic mass is 10.3. The van der Waals surface area contributed by atoms with Crippen molar-refractivity contribution in [2.45, 2.75) is 6.92 Å². The minimum absolute atomic E-state index is 0.309. The van der Waals surface area contributed by atoms with Gasteiger partial charge in [0.1, 0.15) is 5.75 Å². The molecule has 5 rings (SSSR count). The van der Waals surface area contributed by atoms with E-state index >= 15 is 0 Å². The third-order valence-corrected chi connectivity index (χ3v) is 5.68. The lowest BCUT2D eigenvalue weighted by molar-refractivity contribution is 0.341.